The lowest BCUT2D eigenvalue weighted by Crippen LogP contribution is -2.14. The fourth-order valence-corrected chi connectivity index (χ4v) is 2.19. The first-order chi connectivity index (χ1) is 8.66. The van der Waals surface area contributed by atoms with Gasteiger partial charge in [-0.1, -0.05) is 11.6 Å². The number of rotatable bonds is 5. The number of nitro groups is 1. The van der Waals surface area contributed by atoms with Crippen LogP contribution in [0.3, 0.4) is 0 Å². The summed E-state index contributed by atoms with van der Waals surface area (Å²) >= 11 is 5.75. The van der Waals surface area contributed by atoms with E-state index in [0.717, 1.165) is 19.5 Å². The molecule has 1 atom stereocenters. The predicted octanol–water partition coefficient (Wildman–Crippen LogP) is 2.37. The number of hydrogen-bond acceptors (Lipinski definition) is 4. The Bertz CT molecular complexity index is 433. The Labute approximate surface area is 110 Å². The number of hydrogen-bond donors (Lipinski definition) is 1. The van der Waals surface area contributed by atoms with Gasteiger partial charge in [-0.15, -0.1) is 0 Å². The number of benzene rings is 1. The molecule has 0 bridgehead atoms. The van der Waals surface area contributed by atoms with Gasteiger partial charge in [0.1, 0.15) is 0 Å². The molecule has 6 heteroatoms. The van der Waals surface area contributed by atoms with E-state index < -0.39 is 4.92 Å². The average Bonchev–Trinajstić information content (AvgIpc) is 2.84. The highest BCUT2D eigenvalue weighted by molar-refractivity contribution is 6.30. The van der Waals surface area contributed by atoms with E-state index in [1.807, 2.05) is 0 Å². The normalized spacial score (nSPS) is 19.1. The molecule has 0 spiro atoms. The van der Waals surface area contributed by atoms with Crippen LogP contribution in [0.2, 0.25) is 5.02 Å². The minimum Gasteiger partial charge on any atom is -0.376 e. The molecule has 1 N–H and O–H groups in total. The topological polar surface area (TPSA) is 64.4 Å². The molecule has 1 aromatic rings. The van der Waals surface area contributed by atoms with Crippen molar-refractivity contribution in [3.05, 3.63) is 38.9 Å². The smallest absolute Gasteiger partial charge is 0.276 e. The Morgan fingerprint density at radius 3 is 3.06 bits per heavy atom. The molecule has 1 aliphatic heterocycles. The van der Waals surface area contributed by atoms with Crippen molar-refractivity contribution in [3.63, 3.8) is 0 Å². The summed E-state index contributed by atoms with van der Waals surface area (Å²) in [5, 5.41) is 14.5. The molecule has 1 aromatic carbocycles. The van der Waals surface area contributed by atoms with Gasteiger partial charge >= 0.3 is 0 Å². The number of nitro benzene ring substituents is 1. The molecule has 1 saturated heterocycles. The molecule has 0 radical (unpaired) electrons. The Balaban J connectivity index is 1.93. The van der Waals surface area contributed by atoms with Gasteiger partial charge in [0.2, 0.25) is 0 Å². The third kappa shape index (κ3) is 3.41. The summed E-state index contributed by atoms with van der Waals surface area (Å²) in [6, 6.07) is 4.65. The van der Waals surface area contributed by atoms with Gasteiger partial charge in [-0.05, 0) is 31.0 Å². The predicted molar refractivity (Wildman–Crippen MR) is 68.7 cm³/mol. The Kier molecular flexibility index (Phi) is 4.52. The zero-order valence-corrected chi connectivity index (χ0v) is 10.7. The second kappa shape index (κ2) is 6.13. The maximum atomic E-state index is 10.9. The molecule has 1 heterocycles. The molecular formula is C12H15ClN2O3. The van der Waals surface area contributed by atoms with Crippen LogP contribution in [0.25, 0.3) is 0 Å². The quantitative estimate of drug-likeness (QED) is 0.659. The maximum absolute atomic E-state index is 10.9. The zero-order chi connectivity index (χ0) is 13.0. The summed E-state index contributed by atoms with van der Waals surface area (Å²) < 4.78 is 5.55. The van der Waals surface area contributed by atoms with Gasteiger partial charge in [0.05, 0.1) is 23.7 Å². The Morgan fingerprint density at radius 1 is 1.56 bits per heavy atom. The van der Waals surface area contributed by atoms with Crippen LogP contribution in [0.1, 0.15) is 12.0 Å². The van der Waals surface area contributed by atoms with Crippen LogP contribution in [0.15, 0.2) is 18.2 Å². The molecule has 0 aliphatic carbocycles. The number of halogens is 1. The lowest BCUT2D eigenvalue weighted by Gasteiger charge is -2.09. The van der Waals surface area contributed by atoms with Crippen LogP contribution in [0.4, 0.5) is 5.69 Å². The van der Waals surface area contributed by atoms with Gasteiger partial charge in [0, 0.05) is 17.6 Å². The summed E-state index contributed by atoms with van der Waals surface area (Å²) in [6.07, 6.45) is 1.10. The second-order valence-electron chi connectivity index (χ2n) is 4.40. The van der Waals surface area contributed by atoms with Gasteiger partial charge < -0.3 is 10.1 Å². The van der Waals surface area contributed by atoms with Crippen LogP contribution in [0, 0.1) is 16.0 Å². The number of nitrogens with one attached hydrogen (secondary N) is 1. The SMILES string of the molecule is O=[N+]([O-])c1cc(Cl)ccc1COCC1CCNC1. The summed E-state index contributed by atoms with van der Waals surface area (Å²) in [6.45, 7) is 2.87. The molecular weight excluding hydrogens is 256 g/mol. The molecule has 1 unspecified atom stereocenters. The van der Waals surface area contributed by atoms with Crippen LogP contribution in [-0.4, -0.2) is 24.6 Å². The Morgan fingerprint density at radius 2 is 2.39 bits per heavy atom. The van der Waals surface area contributed by atoms with Crippen molar-refractivity contribution in [2.24, 2.45) is 5.92 Å². The van der Waals surface area contributed by atoms with E-state index >= 15 is 0 Å². The van der Waals surface area contributed by atoms with Crippen molar-refractivity contribution < 1.29 is 9.66 Å². The third-order valence-corrected chi connectivity index (χ3v) is 3.25. The maximum Gasteiger partial charge on any atom is 0.276 e. The molecule has 0 aromatic heterocycles. The van der Waals surface area contributed by atoms with Crippen molar-refractivity contribution in [3.8, 4) is 0 Å². The summed E-state index contributed by atoms with van der Waals surface area (Å²) in [4.78, 5) is 10.4. The number of nitrogens with zero attached hydrogens (tertiary/aromatic N) is 1. The van der Waals surface area contributed by atoms with Crippen LogP contribution in [-0.2, 0) is 11.3 Å². The van der Waals surface area contributed by atoms with E-state index in [-0.39, 0.29) is 12.3 Å². The van der Waals surface area contributed by atoms with Crippen LogP contribution >= 0.6 is 11.6 Å². The first-order valence-corrected chi connectivity index (χ1v) is 6.26. The fraction of sp³-hybridized carbons (Fsp3) is 0.500. The van der Waals surface area contributed by atoms with Crippen molar-refractivity contribution >= 4 is 17.3 Å². The Hall–Kier alpha value is -1.17. The van der Waals surface area contributed by atoms with E-state index in [2.05, 4.69) is 5.32 Å². The lowest BCUT2D eigenvalue weighted by atomic mass is 10.1. The molecule has 98 valence electrons. The average molecular weight is 271 g/mol. The van der Waals surface area contributed by atoms with E-state index in [4.69, 9.17) is 16.3 Å². The molecule has 18 heavy (non-hydrogen) atoms. The molecule has 5 nitrogen and oxygen atoms in total. The van der Waals surface area contributed by atoms with Crippen molar-refractivity contribution in [1.82, 2.24) is 5.32 Å². The lowest BCUT2D eigenvalue weighted by molar-refractivity contribution is -0.385. The highest BCUT2D eigenvalue weighted by Crippen LogP contribution is 2.24. The highest BCUT2D eigenvalue weighted by Gasteiger charge is 2.17. The molecule has 2 rings (SSSR count). The second-order valence-corrected chi connectivity index (χ2v) is 4.84. The largest absolute Gasteiger partial charge is 0.376 e. The molecule has 0 saturated carbocycles. The standard InChI is InChI=1S/C12H15ClN2O3/c13-11-2-1-10(12(5-11)15(16)17)8-18-7-9-3-4-14-6-9/h1-2,5,9,14H,3-4,6-8H2. The summed E-state index contributed by atoms with van der Waals surface area (Å²) in [5.41, 5.74) is 0.586. The monoisotopic (exact) mass is 270 g/mol. The highest BCUT2D eigenvalue weighted by atomic mass is 35.5. The minimum absolute atomic E-state index is 0.0204. The van der Waals surface area contributed by atoms with E-state index in [9.17, 15) is 10.1 Å². The molecule has 1 aliphatic rings. The van der Waals surface area contributed by atoms with Gasteiger partial charge in [-0.2, -0.15) is 0 Å². The van der Waals surface area contributed by atoms with Gasteiger partial charge in [-0.25, -0.2) is 0 Å². The first-order valence-electron chi connectivity index (χ1n) is 5.88. The molecule has 0 amide bonds. The first kappa shape index (κ1) is 13.3. The van der Waals surface area contributed by atoms with Crippen molar-refractivity contribution in [2.45, 2.75) is 13.0 Å². The van der Waals surface area contributed by atoms with Gasteiger partial charge in [-0.3, -0.25) is 10.1 Å². The number of ether oxygens (including phenoxy) is 1. The van der Waals surface area contributed by atoms with Crippen molar-refractivity contribution in [1.29, 1.82) is 0 Å². The van der Waals surface area contributed by atoms with Gasteiger partial charge in [0.25, 0.3) is 5.69 Å². The van der Waals surface area contributed by atoms with E-state index in [0.29, 0.717) is 23.1 Å². The van der Waals surface area contributed by atoms with Crippen LogP contribution in [0.5, 0.6) is 0 Å². The summed E-state index contributed by atoms with van der Waals surface area (Å²) in [5.74, 6) is 0.511. The fourth-order valence-electron chi connectivity index (χ4n) is 2.02. The van der Waals surface area contributed by atoms with E-state index in [1.54, 1.807) is 12.1 Å². The zero-order valence-electron chi connectivity index (χ0n) is 9.89. The minimum atomic E-state index is -0.429. The van der Waals surface area contributed by atoms with Crippen LogP contribution < -0.4 is 5.32 Å². The third-order valence-electron chi connectivity index (χ3n) is 3.02. The van der Waals surface area contributed by atoms with E-state index in [1.165, 1.54) is 6.07 Å². The summed E-state index contributed by atoms with van der Waals surface area (Å²) in [7, 11) is 0. The molecule has 1 fully saturated rings. The van der Waals surface area contributed by atoms with Gasteiger partial charge in [0.15, 0.2) is 0 Å². The van der Waals surface area contributed by atoms with Crippen molar-refractivity contribution in [2.75, 3.05) is 19.7 Å².